The van der Waals surface area contributed by atoms with Crippen molar-refractivity contribution in [3.8, 4) is 11.4 Å². The average Bonchev–Trinajstić information content (AvgIpc) is 3.16. The summed E-state index contributed by atoms with van der Waals surface area (Å²) in [7, 11) is 0. The highest BCUT2D eigenvalue weighted by Gasteiger charge is 2.16. The van der Waals surface area contributed by atoms with Gasteiger partial charge in [0.1, 0.15) is 17.7 Å². The molecule has 8 nitrogen and oxygen atoms in total. The molecule has 0 amide bonds. The van der Waals surface area contributed by atoms with Gasteiger partial charge < -0.3 is 11.5 Å². The van der Waals surface area contributed by atoms with Crippen molar-refractivity contribution in [2.24, 2.45) is 0 Å². The van der Waals surface area contributed by atoms with Gasteiger partial charge >= 0.3 is 0 Å². The second kappa shape index (κ2) is 8.27. The Morgan fingerprint density at radius 2 is 1.66 bits per heavy atom. The molecular formula is C24H20N8. The van der Waals surface area contributed by atoms with Crippen LogP contribution in [0.3, 0.4) is 0 Å². The van der Waals surface area contributed by atoms with Crippen LogP contribution in [0.15, 0.2) is 73.4 Å². The summed E-state index contributed by atoms with van der Waals surface area (Å²) in [5.41, 5.74) is 17.6. The second-order valence-electron chi connectivity index (χ2n) is 7.30. The van der Waals surface area contributed by atoms with Crippen molar-refractivity contribution < 1.29 is 0 Å². The van der Waals surface area contributed by atoms with E-state index in [0.717, 1.165) is 39.0 Å². The maximum Gasteiger partial charge on any atom is 0.219 e. The van der Waals surface area contributed by atoms with E-state index in [4.69, 9.17) is 16.6 Å². The lowest BCUT2D eigenvalue weighted by Crippen LogP contribution is -2.02. The van der Waals surface area contributed by atoms with Crippen LogP contribution < -0.4 is 11.5 Å². The fourth-order valence-corrected chi connectivity index (χ4v) is 3.53. The van der Waals surface area contributed by atoms with Crippen LogP contribution in [0.1, 0.15) is 16.7 Å². The largest absolute Gasteiger partial charge is 0.399 e. The van der Waals surface area contributed by atoms with Crippen LogP contribution in [0.4, 0.5) is 11.6 Å². The molecule has 0 aliphatic carbocycles. The van der Waals surface area contributed by atoms with Gasteiger partial charge in [0, 0.05) is 40.8 Å². The second-order valence-corrected chi connectivity index (χ2v) is 7.30. The number of nitrogens with two attached hydrogens (primary N) is 2. The summed E-state index contributed by atoms with van der Waals surface area (Å²) in [5.74, 6) is 0.235. The topological polar surface area (TPSA) is 121 Å². The zero-order valence-electron chi connectivity index (χ0n) is 17.1. The Bertz CT molecular complexity index is 1410. The highest BCUT2D eigenvalue weighted by Crippen LogP contribution is 2.31. The third-order valence-corrected chi connectivity index (χ3v) is 5.06. The van der Waals surface area contributed by atoms with E-state index in [1.807, 2.05) is 53.2 Å². The quantitative estimate of drug-likeness (QED) is 0.416. The molecule has 8 heteroatoms. The number of nitrogen functional groups attached to an aromatic ring is 2. The molecule has 3 aromatic heterocycles. The van der Waals surface area contributed by atoms with Crippen molar-refractivity contribution in [2.75, 3.05) is 11.5 Å². The smallest absolute Gasteiger partial charge is 0.219 e. The van der Waals surface area contributed by atoms with Crippen LogP contribution in [-0.4, -0.2) is 29.7 Å². The van der Waals surface area contributed by atoms with Crippen molar-refractivity contribution in [3.63, 3.8) is 0 Å². The summed E-state index contributed by atoms with van der Waals surface area (Å²) in [6.07, 6.45) is 10.4. The van der Waals surface area contributed by atoms with E-state index in [-0.39, 0.29) is 5.95 Å². The number of fused-ring (bicyclic) bond motifs is 1. The number of hydrogen-bond acceptors (Lipinski definition) is 7. The number of anilines is 2. The molecule has 0 saturated heterocycles. The van der Waals surface area contributed by atoms with Crippen molar-refractivity contribution in [1.82, 2.24) is 29.7 Å². The molecule has 0 saturated carbocycles. The SMILES string of the molecule is Nc1ccc2c(c1)c(-c1ncncc1C=Cc1cnc(N)nc1)nn2Cc1ccccc1. The lowest BCUT2D eigenvalue weighted by molar-refractivity contribution is 0.714. The van der Waals surface area contributed by atoms with E-state index < -0.39 is 0 Å². The van der Waals surface area contributed by atoms with Gasteiger partial charge in [-0.2, -0.15) is 5.10 Å². The molecule has 4 N–H and O–H groups in total. The first kappa shape index (κ1) is 19.4. The van der Waals surface area contributed by atoms with Crippen molar-refractivity contribution in [2.45, 2.75) is 6.54 Å². The van der Waals surface area contributed by atoms with Gasteiger partial charge in [-0.1, -0.05) is 42.5 Å². The van der Waals surface area contributed by atoms with E-state index in [2.05, 4.69) is 32.1 Å². The molecule has 2 aromatic carbocycles. The zero-order valence-corrected chi connectivity index (χ0v) is 17.1. The van der Waals surface area contributed by atoms with Crippen LogP contribution in [0.25, 0.3) is 34.4 Å². The molecule has 5 rings (SSSR count). The first-order valence-corrected chi connectivity index (χ1v) is 10.0. The van der Waals surface area contributed by atoms with E-state index in [9.17, 15) is 0 Å². The van der Waals surface area contributed by atoms with E-state index in [1.165, 1.54) is 6.33 Å². The Morgan fingerprint density at radius 3 is 2.47 bits per heavy atom. The van der Waals surface area contributed by atoms with Gasteiger partial charge in [0.15, 0.2) is 0 Å². The minimum atomic E-state index is 0.235. The van der Waals surface area contributed by atoms with Crippen molar-refractivity contribution >= 4 is 34.7 Å². The van der Waals surface area contributed by atoms with Gasteiger partial charge in [-0.3, -0.25) is 4.68 Å². The van der Waals surface area contributed by atoms with E-state index in [0.29, 0.717) is 12.2 Å². The van der Waals surface area contributed by atoms with Crippen LogP contribution in [0.2, 0.25) is 0 Å². The summed E-state index contributed by atoms with van der Waals surface area (Å²) < 4.78 is 1.98. The fourth-order valence-electron chi connectivity index (χ4n) is 3.53. The monoisotopic (exact) mass is 420 g/mol. The predicted octanol–water partition coefficient (Wildman–Crippen LogP) is 3.67. The van der Waals surface area contributed by atoms with Crippen LogP contribution in [-0.2, 0) is 6.54 Å². The van der Waals surface area contributed by atoms with Gasteiger partial charge in [-0.15, -0.1) is 0 Å². The van der Waals surface area contributed by atoms with Crippen molar-refractivity contribution in [1.29, 1.82) is 0 Å². The van der Waals surface area contributed by atoms with Crippen molar-refractivity contribution in [3.05, 3.63) is 90.1 Å². The van der Waals surface area contributed by atoms with Gasteiger partial charge in [0.25, 0.3) is 0 Å². The predicted molar refractivity (Wildman–Crippen MR) is 126 cm³/mol. The summed E-state index contributed by atoms with van der Waals surface area (Å²) >= 11 is 0. The molecule has 0 radical (unpaired) electrons. The molecule has 32 heavy (non-hydrogen) atoms. The number of nitrogens with zero attached hydrogens (tertiary/aromatic N) is 6. The van der Waals surface area contributed by atoms with Gasteiger partial charge in [-0.05, 0) is 23.8 Å². The zero-order chi connectivity index (χ0) is 21.9. The van der Waals surface area contributed by atoms with Crippen LogP contribution >= 0.6 is 0 Å². The maximum atomic E-state index is 6.11. The molecule has 156 valence electrons. The Kier molecular flexibility index (Phi) is 5.01. The third kappa shape index (κ3) is 3.89. The highest BCUT2D eigenvalue weighted by molar-refractivity contribution is 5.96. The maximum absolute atomic E-state index is 6.11. The van der Waals surface area contributed by atoms with Gasteiger partial charge in [0.05, 0.1) is 12.1 Å². The Labute approximate surface area is 184 Å². The molecule has 0 unspecified atom stereocenters. The average molecular weight is 420 g/mol. The standard InChI is InChI=1S/C24H20N8/c25-19-8-9-21-20(10-19)23(31-32(21)14-16-4-2-1-3-5-16)22-18(13-27-15-30-22)7-6-17-11-28-24(26)29-12-17/h1-13,15H,14,25H2,(H2,26,28,29). The minimum Gasteiger partial charge on any atom is -0.399 e. The third-order valence-electron chi connectivity index (χ3n) is 5.06. The Morgan fingerprint density at radius 1 is 0.844 bits per heavy atom. The molecule has 0 aliphatic rings. The summed E-state index contributed by atoms with van der Waals surface area (Å²) in [4.78, 5) is 16.8. The molecule has 0 spiro atoms. The minimum absolute atomic E-state index is 0.235. The molecular weight excluding hydrogens is 400 g/mol. The molecule has 0 aliphatic heterocycles. The lowest BCUT2D eigenvalue weighted by atomic mass is 10.1. The number of rotatable bonds is 5. The first-order chi connectivity index (χ1) is 15.7. The summed E-state index contributed by atoms with van der Waals surface area (Å²) in [6, 6.07) is 16.0. The molecule has 5 aromatic rings. The van der Waals surface area contributed by atoms with Gasteiger partial charge in [-0.25, -0.2) is 19.9 Å². The first-order valence-electron chi connectivity index (χ1n) is 10.0. The van der Waals surface area contributed by atoms with Gasteiger partial charge in [0.2, 0.25) is 5.95 Å². The summed E-state index contributed by atoms with van der Waals surface area (Å²) in [6.45, 7) is 0.639. The van der Waals surface area contributed by atoms with E-state index >= 15 is 0 Å². The lowest BCUT2D eigenvalue weighted by Gasteiger charge is -2.04. The number of aromatic nitrogens is 6. The highest BCUT2D eigenvalue weighted by atomic mass is 15.3. The number of hydrogen-bond donors (Lipinski definition) is 2. The normalized spacial score (nSPS) is 11.4. The summed E-state index contributed by atoms with van der Waals surface area (Å²) in [5, 5.41) is 5.85. The van der Waals surface area contributed by atoms with E-state index in [1.54, 1.807) is 18.6 Å². The Hall–Kier alpha value is -4.59. The molecule has 0 bridgehead atoms. The fraction of sp³-hybridized carbons (Fsp3) is 0.0417. The Balaban J connectivity index is 1.60. The molecule has 0 atom stereocenters. The van der Waals surface area contributed by atoms with Crippen LogP contribution in [0, 0.1) is 0 Å². The number of benzene rings is 2. The molecule has 0 fully saturated rings. The van der Waals surface area contributed by atoms with Crippen LogP contribution in [0.5, 0.6) is 0 Å². The molecule has 3 heterocycles.